The number of rotatable bonds is 1. The van der Waals surface area contributed by atoms with Crippen LogP contribution in [0.15, 0.2) is 17.3 Å². The maximum Gasteiger partial charge on any atom is 0.0542 e. The molecule has 0 aromatic heterocycles. The van der Waals surface area contributed by atoms with Gasteiger partial charge in [-0.3, -0.25) is 4.99 Å². The molecular formula is C10H18N4. The first-order valence-electron chi connectivity index (χ1n) is 5.17. The van der Waals surface area contributed by atoms with E-state index < -0.39 is 0 Å². The summed E-state index contributed by atoms with van der Waals surface area (Å²) in [5, 5.41) is 3.35. The average molecular weight is 194 g/mol. The lowest BCUT2D eigenvalue weighted by Gasteiger charge is -2.36. The molecule has 1 spiro atoms. The van der Waals surface area contributed by atoms with Gasteiger partial charge in [-0.15, -0.1) is 0 Å². The Morgan fingerprint density at radius 1 is 1.43 bits per heavy atom. The molecule has 4 nitrogen and oxygen atoms in total. The van der Waals surface area contributed by atoms with Crippen molar-refractivity contribution in [3.63, 3.8) is 0 Å². The van der Waals surface area contributed by atoms with Crippen molar-refractivity contribution in [3.05, 3.63) is 12.3 Å². The zero-order valence-electron chi connectivity index (χ0n) is 8.37. The summed E-state index contributed by atoms with van der Waals surface area (Å²) in [4.78, 5) is 4.48. The highest BCUT2D eigenvalue weighted by atomic mass is 15.0. The number of aliphatic imine (C=N–C) groups is 1. The second-order valence-corrected chi connectivity index (χ2v) is 4.19. The minimum absolute atomic E-state index is 0.0735. The van der Waals surface area contributed by atoms with E-state index in [1.807, 2.05) is 6.08 Å². The van der Waals surface area contributed by atoms with Gasteiger partial charge >= 0.3 is 0 Å². The van der Waals surface area contributed by atoms with Crippen molar-refractivity contribution in [2.75, 3.05) is 19.6 Å². The van der Waals surface area contributed by atoms with E-state index in [1.165, 1.54) is 6.20 Å². The van der Waals surface area contributed by atoms with Gasteiger partial charge in [-0.2, -0.15) is 0 Å². The lowest BCUT2D eigenvalue weighted by Crippen LogP contribution is -2.50. The van der Waals surface area contributed by atoms with Gasteiger partial charge in [0.1, 0.15) is 0 Å². The lowest BCUT2D eigenvalue weighted by molar-refractivity contribution is 0.212. The van der Waals surface area contributed by atoms with Crippen molar-refractivity contribution in [2.24, 2.45) is 21.9 Å². The van der Waals surface area contributed by atoms with E-state index in [2.05, 4.69) is 10.3 Å². The summed E-state index contributed by atoms with van der Waals surface area (Å²) in [5.74, 6) is 0. The average Bonchev–Trinajstić information content (AvgIpc) is 2.50. The van der Waals surface area contributed by atoms with Gasteiger partial charge in [-0.25, -0.2) is 0 Å². The van der Waals surface area contributed by atoms with E-state index in [9.17, 15) is 0 Å². The summed E-state index contributed by atoms with van der Waals surface area (Å²) >= 11 is 0. The van der Waals surface area contributed by atoms with Gasteiger partial charge in [0.05, 0.1) is 11.8 Å². The molecule has 0 saturated carbocycles. The number of piperidine rings is 1. The summed E-state index contributed by atoms with van der Waals surface area (Å²) in [7, 11) is 0. The molecule has 1 saturated heterocycles. The molecule has 0 aromatic carbocycles. The summed E-state index contributed by atoms with van der Waals surface area (Å²) in [6.45, 7) is 2.99. The summed E-state index contributed by atoms with van der Waals surface area (Å²) in [6.07, 6.45) is 5.61. The minimum Gasteiger partial charge on any atom is -0.405 e. The first-order valence-corrected chi connectivity index (χ1v) is 5.17. The quantitative estimate of drug-likeness (QED) is 0.532. The number of nitrogens with two attached hydrogens (primary N) is 2. The van der Waals surface area contributed by atoms with Crippen LogP contribution in [-0.2, 0) is 0 Å². The molecule has 0 amide bonds. The SMILES string of the molecule is N/C=C\C1=NCC2(CCNCC2)C1N. The Labute approximate surface area is 84.4 Å². The molecule has 2 aliphatic heterocycles. The van der Waals surface area contributed by atoms with Crippen LogP contribution in [0.25, 0.3) is 0 Å². The van der Waals surface area contributed by atoms with Crippen LogP contribution >= 0.6 is 0 Å². The molecule has 0 aliphatic carbocycles. The van der Waals surface area contributed by atoms with Crippen LogP contribution in [0.2, 0.25) is 0 Å². The van der Waals surface area contributed by atoms with Gasteiger partial charge in [0.2, 0.25) is 0 Å². The Morgan fingerprint density at radius 2 is 2.14 bits per heavy atom. The van der Waals surface area contributed by atoms with E-state index in [-0.39, 0.29) is 11.5 Å². The molecule has 78 valence electrons. The van der Waals surface area contributed by atoms with Crippen molar-refractivity contribution in [1.82, 2.24) is 5.32 Å². The molecule has 1 unspecified atom stereocenters. The van der Waals surface area contributed by atoms with E-state index in [0.29, 0.717) is 0 Å². The molecule has 4 heteroatoms. The zero-order chi connectivity index (χ0) is 10.0. The van der Waals surface area contributed by atoms with Crippen LogP contribution in [0.3, 0.4) is 0 Å². The Balaban J connectivity index is 2.11. The van der Waals surface area contributed by atoms with Crippen molar-refractivity contribution in [3.8, 4) is 0 Å². The third-order valence-electron chi connectivity index (χ3n) is 3.42. The molecule has 0 aromatic rings. The number of hydrogen-bond acceptors (Lipinski definition) is 4. The third-order valence-corrected chi connectivity index (χ3v) is 3.42. The molecule has 2 aliphatic rings. The molecule has 0 radical (unpaired) electrons. The monoisotopic (exact) mass is 194 g/mol. The van der Waals surface area contributed by atoms with Gasteiger partial charge in [0.25, 0.3) is 0 Å². The Kier molecular flexibility index (Phi) is 2.56. The maximum atomic E-state index is 6.21. The van der Waals surface area contributed by atoms with Crippen LogP contribution in [0.5, 0.6) is 0 Å². The van der Waals surface area contributed by atoms with Gasteiger partial charge < -0.3 is 16.8 Å². The fourth-order valence-electron chi connectivity index (χ4n) is 2.41. The smallest absolute Gasteiger partial charge is 0.0542 e. The van der Waals surface area contributed by atoms with Gasteiger partial charge in [0, 0.05) is 12.0 Å². The van der Waals surface area contributed by atoms with Crippen molar-refractivity contribution >= 4 is 5.71 Å². The number of nitrogens with one attached hydrogen (secondary N) is 1. The predicted octanol–water partition coefficient (Wildman–Crippen LogP) is -0.389. The summed E-state index contributed by atoms with van der Waals surface area (Å²) in [5.41, 5.74) is 12.7. The normalized spacial score (nSPS) is 31.2. The first kappa shape index (κ1) is 9.68. The molecule has 0 bridgehead atoms. The van der Waals surface area contributed by atoms with Crippen LogP contribution in [0.4, 0.5) is 0 Å². The fourth-order valence-corrected chi connectivity index (χ4v) is 2.41. The molecule has 2 heterocycles. The van der Waals surface area contributed by atoms with Crippen molar-refractivity contribution in [2.45, 2.75) is 18.9 Å². The van der Waals surface area contributed by atoms with Crippen LogP contribution in [-0.4, -0.2) is 31.4 Å². The highest BCUT2D eigenvalue weighted by Crippen LogP contribution is 2.36. The topological polar surface area (TPSA) is 76.4 Å². The highest BCUT2D eigenvalue weighted by molar-refractivity contribution is 6.01. The van der Waals surface area contributed by atoms with Crippen molar-refractivity contribution in [1.29, 1.82) is 0 Å². The standard InChI is InChI=1S/C10H18N4/c11-4-1-8-9(12)10(7-14-8)2-5-13-6-3-10/h1,4,9,13H,2-3,5-7,11-12H2/b4-1-. The largest absolute Gasteiger partial charge is 0.405 e. The van der Waals surface area contributed by atoms with E-state index >= 15 is 0 Å². The molecule has 14 heavy (non-hydrogen) atoms. The maximum absolute atomic E-state index is 6.21. The molecule has 1 atom stereocenters. The Bertz CT molecular complexity index is 263. The van der Waals surface area contributed by atoms with Crippen LogP contribution in [0.1, 0.15) is 12.8 Å². The first-order chi connectivity index (χ1) is 6.78. The molecular weight excluding hydrogens is 176 g/mol. The van der Waals surface area contributed by atoms with Crippen molar-refractivity contribution < 1.29 is 0 Å². The summed E-state index contributed by atoms with van der Waals surface area (Å²) in [6, 6.07) is 0.0735. The van der Waals surface area contributed by atoms with Crippen LogP contribution in [0, 0.1) is 5.41 Å². The Morgan fingerprint density at radius 3 is 2.79 bits per heavy atom. The molecule has 2 rings (SSSR count). The predicted molar refractivity (Wildman–Crippen MR) is 58.1 cm³/mol. The molecule has 1 fully saturated rings. The van der Waals surface area contributed by atoms with Crippen LogP contribution < -0.4 is 16.8 Å². The lowest BCUT2D eigenvalue weighted by atomic mass is 9.73. The number of nitrogens with zero attached hydrogens (tertiary/aromatic N) is 1. The molecule has 5 N–H and O–H groups in total. The number of hydrogen-bond donors (Lipinski definition) is 3. The van der Waals surface area contributed by atoms with Gasteiger partial charge in [-0.1, -0.05) is 0 Å². The zero-order valence-corrected chi connectivity index (χ0v) is 8.37. The Hall–Kier alpha value is -0.870. The fraction of sp³-hybridized carbons (Fsp3) is 0.700. The second-order valence-electron chi connectivity index (χ2n) is 4.19. The summed E-state index contributed by atoms with van der Waals surface area (Å²) < 4.78 is 0. The van der Waals surface area contributed by atoms with E-state index in [4.69, 9.17) is 11.5 Å². The third kappa shape index (κ3) is 1.44. The minimum atomic E-state index is 0.0735. The van der Waals surface area contributed by atoms with E-state index in [0.717, 1.165) is 38.2 Å². The van der Waals surface area contributed by atoms with E-state index in [1.54, 1.807) is 0 Å². The second kappa shape index (κ2) is 3.71. The van der Waals surface area contributed by atoms with Gasteiger partial charge in [-0.05, 0) is 38.2 Å². The highest BCUT2D eigenvalue weighted by Gasteiger charge is 2.43. The van der Waals surface area contributed by atoms with Gasteiger partial charge in [0.15, 0.2) is 0 Å².